The van der Waals surface area contributed by atoms with Crippen LogP contribution in [0.2, 0.25) is 0 Å². The Morgan fingerprint density at radius 3 is 2.42 bits per heavy atom. The number of H-pyrrole nitrogens is 1. The third-order valence-corrected chi connectivity index (χ3v) is 11.3. The Balaban J connectivity index is 1.19. The number of aromatic amines is 1. The Morgan fingerprint density at radius 1 is 1.03 bits per heavy atom. The minimum absolute atomic E-state index is 0.0267. The second-order valence-corrected chi connectivity index (χ2v) is 12.9. The molecule has 2 saturated carbocycles. The van der Waals surface area contributed by atoms with Crippen molar-refractivity contribution in [1.82, 2.24) is 9.88 Å². The number of benzene rings is 2. The molecule has 2 bridgehead atoms. The quantitative estimate of drug-likeness (QED) is 0.480. The summed E-state index contributed by atoms with van der Waals surface area (Å²) in [5.74, 6) is -2.40. The molecular formula is C28H24FN3O4S2. The molecule has 3 amide bonds. The number of halogens is 1. The number of thioether (sulfide) groups is 1. The molecule has 2 aliphatic heterocycles. The van der Waals surface area contributed by atoms with Crippen LogP contribution in [-0.4, -0.2) is 39.4 Å². The van der Waals surface area contributed by atoms with Crippen LogP contribution in [0.25, 0.3) is 0 Å². The molecule has 2 aliphatic carbocycles. The summed E-state index contributed by atoms with van der Waals surface area (Å²) in [5.41, 5.74) is 2.59. The van der Waals surface area contributed by atoms with Crippen LogP contribution >= 0.6 is 23.1 Å². The SMILES string of the molecule is Cc1ccc(NC(=O)CN2C(=O)C3C4CC(C3C2=O)C2C4Sc3[nH]c(=O)sc3[C@@H]2c2ccc(F)cc2)cc1. The maximum Gasteiger partial charge on any atom is 0.305 e. The van der Waals surface area contributed by atoms with Gasteiger partial charge in [0.05, 0.1) is 16.9 Å². The van der Waals surface area contributed by atoms with Gasteiger partial charge in [0.25, 0.3) is 0 Å². The van der Waals surface area contributed by atoms with Gasteiger partial charge in [-0.2, -0.15) is 0 Å². The summed E-state index contributed by atoms with van der Waals surface area (Å²) in [4.78, 5) is 57.2. The van der Waals surface area contributed by atoms with Crippen LogP contribution in [0.3, 0.4) is 0 Å². The van der Waals surface area contributed by atoms with E-state index < -0.39 is 17.7 Å². The molecule has 1 saturated heterocycles. The number of hydrogen-bond acceptors (Lipinski definition) is 6. The predicted octanol–water partition coefficient (Wildman–Crippen LogP) is 4.00. The summed E-state index contributed by atoms with van der Waals surface area (Å²) < 4.78 is 13.8. The third-order valence-electron chi connectivity index (χ3n) is 8.68. The number of rotatable bonds is 4. The summed E-state index contributed by atoms with van der Waals surface area (Å²) in [5, 5.41) is 3.64. The fraction of sp³-hybridized carbons (Fsp3) is 0.357. The highest BCUT2D eigenvalue weighted by Crippen LogP contribution is 2.68. The summed E-state index contributed by atoms with van der Waals surface area (Å²) in [6, 6.07) is 13.7. The Bertz CT molecular complexity index is 1530. The summed E-state index contributed by atoms with van der Waals surface area (Å²) in [6.45, 7) is 1.65. The Labute approximate surface area is 225 Å². The third kappa shape index (κ3) is 3.53. The van der Waals surface area contributed by atoms with E-state index in [0.717, 1.165) is 32.4 Å². The largest absolute Gasteiger partial charge is 0.325 e. The van der Waals surface area contributed by atoms with Crippen molar-refractivity contribution < 1.29 is 18.8 Å². The first-order chi connectivity index (χ1) is 18.3. The molecule has 3 aromatic rings. The van der Waals surface area contributed by atoms with Gasteiger partial charge in [0, 0.05) is 21.7 Å². The van der Waals surface area contributed by atoms with Gasteiger partial charge in [0.2, 0.25) is 17.7 Å². The van der Waals surface area contributed by atoms with Crippen LogP contribution in [-0.2, 0) is 14.4 Å². The zero-order chi connectivity index (χ0) is 26.3. The lowest BCUT2D eigenvalue weighted by Gasteiger charge is -2.43. The molecule has 7 nitrogen and oxygen atoms in total. The number of hydrogen-bond donors (Lipinski definition) is 2. The zero-order valence-electron chi connectivity index (χ0n) is 20.3. The van der Waals surface area contributed by atoms with Gasteiger partial charge in [-0.25, -0.2) is 4.39 Å². The van der Waals surface area contributed by atoms with Crippen molar-refractivity contribution in [2.45, 2.75) is 29.5 Å². The number of amides is 3. The predicted molar refractivity (Wildman–Crippen MR) is 141 cm³/mol. The van der Waals surface area contributed by atoms with E-state index in [-0.39, 0.29) is 58.0 Å². The summed E-state index contributed by atoms with van der Waals surface area (Å²) >= 11 is 2.77. The molecule has 1 aromatic heterocycles. The number of nitrogens with one attached hydrogen (secondary N) is 2. The topological polar surface area (TPSA) is 99.3 Å². The molecule has 3 fully saturated rings. The number of fused-ring (bicyclic) bond motifs is 9. The van der Waals surface area contributed by atoms with E-state index in [1.54, 1.807) is 36.0 Å². The minimum atomic E-state index is -0.471. The maximum atomic E-state index is 13.8. The van der Waals surface area contributed by atoms with Crippen molar-refractivity contribution in [3.8, 4) is 0 Å². The van der Waals surface area contributed by atoms with Gasteiger partial charge in [0.1, 0.15) is 12.4 Å². The Morgan fingerprint density at radius 2 is 1.71 bits per heavy atom. The van der Waals surface area contributed by atoms with Gasteiger partial charge in [-0.3, -0.25) is 24.1 Å². The van der Waals surface area contributed by atoms with E-state index >= 15 is 0 Å². The monoisotopic (exact) mass is 549 g/mol. The molecule has 7 rings (SSSR count). The van der Waals surface area contributed by atoms with Crippen molar-refractivity contribution in [2.75, 3.05) is 11.9 Å². The Hall–Kier alpha value is -3.24. The first-order valence-corrected chi connectivity index (χ1v) is 14.4. The first-order valence-electron chi connectivity index (χ1n) is 12.7. The van der Waals surface area contributed by atoms with Crippen LogP contribution in [0.1, 0.15) is 28.3 Å². The van der Waals surface area contributed by atoms with Crippen molar-refractivity contribution >= 4 is 46.5 Å². The van der Waals surface area contributed by atoms with Crippen LogP contribution in [0.5, 0.6) is 0 Å². The van der Waals surface area contributed by atoms with E-state index in [4.69, 9.17) is 0 Å². The highest BCUT2D eigenvalue weighted by atomic mass is 32.2. The van der Waals surface area contributed by atoms with E-state index in [1.807, 2.05) is 19.1 Å². The van der Waals surface area contributed by atoms with E-state index in [2.05, 4.69) is 10.3 Å². The molecule has 6 unspecified atom stereocenters. The molecule has 2 N–H and O–H groups in total. The van der Waals surface area contributed by atoms with Crippen LogP contribution in [0, 0.1) is 42.3 Å². The number of imide groups is 1. The number of carbonyl (C=O) groups is 3. The summed E-state index contributed by atoms with van der Waals surface area (Å²) in [7, 11) is 0. The average Bonchev–Trinajstić information content (AvgIpc) is 3.62. The fourth-order valence-corrected chi connectivity index (χ4v) is 10.1. The molecule has 2 aromatic carbocycles. The highest BCUT2D eigenvalue weighted by Gasteiger charge is 2.69. The second-order valence-electron chi connectivity index (χ2n) is 10.7. The number of carbonyl (C=O) groups excluding carboxylic acids is 3. The number of thiazole rings is 1. The lowest BCUT2D eigenvalue weighted by Crippen LogP contribution is -2.42. The molecule has 0 radical (unpaired) electrons. The number of anilines is 1. The van der Waals surface area contributed by atoms with Gasteiger partial charge in [0.15, 0.2) is 0 Å². The normalized spacial score (nSPS) is 30.8. The van der Waals surface area contributed by atoms with Crippen LogP contribution in [0.4, 0.5) is 10.1 Å². The van der Waals surface area contributed by atoms with Gasteiger partial charge < -0.3 is 10.3 Å². The highest BCUT2D eigenvalue weighted by molar-refractivity contribution is 8.00. The fourth-order valence-electron chi connectivity index (χ4n) is 7.26. The lowest BCUT2D eigenvalue weighted by atomic mass is 9.68. The van der Waals surface area contributed by atoms with Crippen molar-refractivity contribution in [1.29, 1.82) is 0 Å². The molecule has 10 heteroatoms. The molecule has 4 aliphatic rings. The molecule has 38 heavy (non-hydrogen) atoms. The number of likely N-dealkylation sites (tertiary alicyclic amines) is 1. The van der Waals surface area contributed by atoms with Crippen LogP contribution in [0.15, 0.2) is 58.4 Å². The van der Waals surface area contributed by atoms with E-state index in [9.17, 15) is 23.6 Å². The average molecular weight is 550 g/mol. The minimum Gasteiger partial charge on any atom is -0.325 e. The summed E-state index contributed by atoms with van der Waals surface area (Å²) in [6.07, 6.45) is 0.759. The second kappa shape index (κ2) is 8.64. The van der Waals surface area contributed by atoms with Crippen molar-refractivity contribution in [3.05, 3.63) is 80.0 Å². The molecule has 3 heterocycles. The lowest BCUT2D eigenvalue weighted by molar-refractivity contribution is -0.143. The van der Waals surface area contributed by atoms with E-state index in [0.29, 0.717) is 5.69 Å². The van der Waals surface area contributed by atoms with Gasteiger partial charge >= 0.3 is 4.87 Å². The molecule has 7 atom stereocenters. The number of nitrogens with zero attached hydrogens (tertiary/aromatic N) is 1. The number of aryl methyl sites for hydroxylation is 1. The van der Waals surface area contributed by atoms with Crippen LogP contribution < -0.4 is 10.2 Å². The van der Waals surface area contributed by atoms with Gasteiger partial charge in [-0.15, -0.1) is 11.8 Å². The number of aromatic nitrogens is 1. The first kappa shape index (κ1) is 23.8. The van der Waals surface area contributed by atoms with E-state index in [1.165, 1.54) is 23.5 Å². The maximum absolute atomic E-state index is 13.8. The van der Waals surface area contributed by atoms with Gasteiger partial charge in [-0.05, 0) is 60.9 Å². The molecular weight excluding hydrogens is 525 g/mol. The standard InChI is InChI=1S/C28H24FN3O4S2/c1-12-2-8-15(9-3-12)30-18(33)11-32-26(34)21-16-10-17(22(21)27(32)35)23-20(16)19(13-4-6-14(29)7-5-13)24-25(37-23)31-28(36)38-24/h2-9,16-17,19-23H,10-11H2,1H3,(H,30,33)(H,31,36)/t16?,17?,19-,20?,21?,22?,23?/m1/s1. The molecule has 194 valence electrons. The molecule has 0 spiro atoms. The van der Waals surface area contributed by atoms with Crippen molar-refractivity contribution in [3.63, 3.8) is 0 Å². The smallest absolute Gasteiger partial charge is 0.305 e. The Kier molecular flexibility index (Phi) is 5.42. The van der Waals surface area contributed by atoms with Crippen molar-refractivity contribution in [2.24, 2.45) is 29.6 Å². The van der Waals surface area contributed by atoms with Gasteiger partial charge in [-0.1, -0.05) is 41.2 Å². The zero-order valence-corrected chi connectivity index (χ0v) is 22.0.